The summed E-state index contributed by atoms with van der Waals surface area (Å²) in [5.74, 6) is 0.760. The Balaban J connectivity index is 1.30. The Bertz CT molecular complexity index is 932. The zero-order valence-corrected chi connectivity index (χ0v) is 22.4. The van der Waals surface area contributed by atoms with Crippen LogP contribution >= 0.6 is 31.9 Å². The summed E-state index contributed by atoms with van der Waals surface area (Å²) in [5.41, 5.74) is 0.999. The number of rotatable bonds is 4. The van der Waals surface area contributed by atoms with Crippen molar-refractivity contribution in [2.75, 3.05) is 4.90 Å². The van der Waals surface area contributed by atoms with E-state index in [2.05, 4.69) is 52.6 Å². The summed E-state index contributed by atoms with van der Waals surface area (Å²) in [6.45, 7) is 6.60. The molecule has 9 atom stereocenters. The van der Waals surface area contributed by atoms with Gasteiger partial charge in [-0.05, 0) is 73.1 Å². The van der Waals surface area contributed by atoms with Gasteiger partial charge in [0.1, 0.15) is 6.10 Å². The third-order valence-electron chi connectivity index (χ3n) is 8.57. The quantitative estimate of drug-likeness (QED) is 0.265. The van der Waals surface area contributed by atoms with E-state index in [9.17, 15) is 14.4 Å². The average Bonchev–Trinajstić information content (AvgIpc) is 3.38. The summed E-state index contributed by atoms with van der Waals surface area (Å²) in [5, 5.41) is 0. The smallest absolute Gasteiger partial charge is 0.338 e. The van der Waals surface area contributed by atoms with Crippen LogP contribution in [0.3, 0.4) is 0 Å². The molecule has 4 aliphatic rings. The van der Waals surface area contributed by atoms with Crippen LogP contribution in [-0.4, -0.2) is 33.5 Å². The number of carbonyl (C=O) groups is 3. The van der Waals surface area contributed by atoms with Gasteiger partial charge in [-0.3, -0.25) is 14.5 Å². The number of fused-ring (bicyclic) bond motifs is 5. The Morgan fingerprint density at radius 1 is 0.970 bits per heavy atom. The Labute approximate surface area is 212 Å². The molecule has 3 saturated carbocycles. The highest BCUT2D eigenvalue weighted by molar-refractivity contribution is 9.12. The zero-order valence-electron chi connectivity index (χ0n) is 19.2. The van der Waals surface area contributed by atoms with Crippen LogP contribution in [0.1, 0.15) is 56.8 Å². The summed E-state index contributed by atoms with van der Waals surface area (Å²) >= 11 is 7.45. The topological polar surface area (TPSA) is 63.7 Å². The molecule has 4 fully saturated rings. The fraction of sp³-hybridized carbons (Fsp3) is 0.654. The van der Waals surface area contributed by atoms with E-state index in [0.717, 1.165) is 19.3 Å². The lowest BCUT2D eigenvalue weighted by atomic mass is 9.75. The summed E-state index contributed by atoms with van der Waals surface area (Å²) < 4.78 is 5.95. The summed E-state index contributed by atoms with van der Waals surface area (Å²) in [6.07, 6.45) is 4.02. The van der Waals surface area contributed by atoms with E-state index < -0.39 is 0 Å². The van der Waals surface area contributed by atoms with Gasteiger partial charge in [0.2, 0.25) is 11.8 Å². The molecule has 1 heterocycles. The van der Waals surface area contributed by atoms with Crippen LogP contribution in [0.25, 0.3) is 0 Å². The number of hydrogen-bond acceptors (Lipinski definition) is 4. The molecule has 2 amide bonds. The number of carbonyl (C=O) groups excluding carboxylic acids is 3. The molecule has 0 N–H and O–H groups in total. The molecular weight excluding hydrogens is 550 g/mol. The van der Waals surface area contributed by atoms with Gasteiger partial charge in [-0.15, -0.1) is 0 Å². The maximum absolute atomic E-state index is 13.2. The zero-order chi connectivity index (χ0) is 23.6. The number of imide groups is 1. The number of benzene rings is 1. The standard InChI is InChI=1S/C26H31Br2NO4/c1-12(2)16-9-4-13(3)10-19(16)33-26(32)14-5-7-15(8-6-14)29-24(30)20-17-11-18(21(20)25(29)31)23(28)22(17)27/h5-8,12-13,16-23H,4,9-11H2,1-3H3/t13-,16+,17+,18+,19-,20-,21+,22-,23+/m1/s1. The van der Waals surface area contributed by atoms with Crippen molar-refractivity contribution in [1.29, 1.82) is 0 Å². The predicted molar refractivity (Wildman–Crippen MR) is 133 cm³/mol. The molecular formula is C26H31Br2NO4. The van der Waals surface area contributed by atoms with E-state index in [1.807, 2.05) is 0 Å². The molecule has 1 saturated heterocycles. The van der Waals surface area contributed by atoms with Crippen LogP contribution in [0, 0.1) is 41.4 Å². The molecule has 0 aromatic heterocycles. The molecule has 2 bridgehead atoms. The molecule has 1 aromatic rings. The molecule has 33 heavy (non-hydrogen) atoms. The van der Waals surface area contributed by atoms with Crippen LogP contribution < -0.4 is 4.90 Å². The first-order valence-corrected chi connectivity index (χ1v) is 14.0. The lowest BCUT2D eigenvalue weighted by molar-refractivity contribution is -0.123. The normalized spacial score (nSPS) is 39.9. The molecule has 3 aliphatic carbocycles. The number of amides is 2. The second kappa shape index (κ2) is 8.78. The van der Waals surface area contributed by atoms with Gasteiger partial charge in [0.05, 0.1) is 23.1 Å². The van der Waals surface area contributed by atoms with Gasteiger partial charge in [0.25, 0.3) is 0 Å². The maximum Gasteiger partial charge on any atom is 0.338 e. The van der Waals surface area contributed by atoms with Crippen LogP contribution in [0.5, 0.6) is 0 Å². The summed E-state index contributed by atoms with van der Waals surface area (Å²) in [6, 6.07) is 6.77. The minimum Gasteiger partial charge on any atom is -0.458 e. The van der Waals surface area contributed by atoms with Crippen molar-refractivity contribution in [2.45, 2.75) is 62.2 Å². The van der Waals surface area contributed by atoms with Gasteiger partial charge < -0.3 is 4.74 Å². The van der Waals surface area contributed by atoms with E-state index in [4.69, 9.17) is 4.74 Å². The van der Waals surface area contributed by atoms with Crippen molar-refractivity contribution in [2.24, 2.45) is 41.4 Å². The first-order chi connectivity index (χ1) is 15.7. The van der Waals surface area contributed by atoms with E-state index in [0.29, 0.717) is 29.0 Å². The lowest BCUT2D eigenvalue weighted by Crippen LogP contribution is -2.37. The Hall–Kier alpha value is -1.21. The van der Waals surface area contributed by atoms with Crippen molar-refractivity contribution >= 4 is 55.3 Å². The van der Waals surface area contributed by atoms with E-state index in [-0.39, 0.29) is 57.2 Å². The third-order valence-corrected chi connectivity index (χ3v) is 11.8. The average molecular weight is 581 g/mol. The Morgan fingerprint density at radius 2 is 1.55 bits per heavy atom. The SMILES string of the molecule is CC(C)[C@@H]1CC[C@@H](C)C[C@H]1OC(=O)c1ccc(N2C(=O)[C@@H]3[C@@H]4C[C@H]([C@H](Br)[C@@H]4Br)[C@@H]3C2=O)cc1. The number of hydrogen-bond donors (Lipinski definition) is 0. The Morgan fingerprint density at radius 3 is 2.09 bits per heavy atom. The van der Waals surface area contributed by atoms with Gasteiger partial charge in [-0.1, -0.05) is 59.1 Å². The Kier molecular flexibility index (Phi) is 6.26. The fourth-order valence-electron chi connectivity index (χ4n) is 6.81. The minimum absolute atomic E-state index is 0.0630. The van der Waals surface area contributed by atoms with Crippen molar-refractivity contribution in [3.05, 3.63) is 29.8 Å². The van der Waals surface area contributed by atoms with Crippen LogP contribution in [0.15, 0.2) is 24.3 Å². The maximum atomic E-state index is 13.2. The van der Waals surface area contributed by atoms with Crippen LogP contribution in [0.4, 0.5) is 5.69 Å². The van der Waals surface area contributed by atoms with Gasteiger partial charge in [0.15, 0.2) is 0 Å². The highest BCUT2D eigenvalue weighted by Gasteiger charge is 2.66. The third kappa shape index (κ3) is 3.81. The number of esters is 1. The van der Waals surface area contributed by atoms with Crippen molar-refractivity contribution in [1.82, 2.24) is 0 Å². The monoisotopic (exact) mass is 579 g/mol. The number of nitrogens with zero attached hydrogens (tertiary/aromatic N) is 1. The van der Waals surface area contributed by atoms with Crippen molar-refractivity contribution in [3.8, 4) is 0 Å². The number of anilines is 1. The second-order valence-electron chi connectivity index (χ2n) is 10.8. The number of alkyl halides is 2. The van der Waals surface area contributed by atoms with Crippen LogP contribution in [0.2, 0.25) is 0 Å². The first kappa shape index (κ1) is 23.5. The van der Waals surface area contributed by atoms with E-state index in [1.165, 1.54) is 11.3 Å². The molecule has 1 aliphatic heterocycles. The van der Waals surface area contributed by atoms with E-state index >= 15 is 0 Å². The summed E-state index contributed by atoms with van der Waals surface area (Å²) in [7, 11) is 0. The molecule has 1 aromatic carbocycles. The molecule has 0 radical (unpaired) electrons. The van der Waals surface area contributed by atoms with Crippen LogP contribution in [-0.2, 0) is 14.3 Å². The largest absolute Gasteiger partial charge is 0.458 e. The van der Waals surface area contributed by atoms with Crippen molar-refractivity contribution < 1.29 is 19.1 Å². The molecule has 0 unspecified atom stereocenters. The van der Waals surface area contributed by atoms with E-state index in [1.54, 1.807) is 24.3 Å². The molecule has 5 rings (SSSR count). The minimum atomic E-state index is -0.329. The highest BCUT2D eigenvalue weighted by Crippen LogP contribution is 2.60. The second-order valence-corrected chi connectivity index (χ2v) is 12.9. The number of halogens is 2. The van der Waals surface area contributed by atoms with Gasteiger partial charge in [-0.2, -0.15) is 0 Å². The van der Waals surface area contributed by atoms with Gasteiger partial charge in [0, 0.05) is 9.65 Å². The molecule has 0 spiro atoms. The lowest BCUT2D eigenvalue weighted by Gasteiger charge is -2.36. The van der Waals surface area contributed by atoms with Gasteiger partial charge >= 0.3 is 5.97 Å². The molecule has 7 heteroatoms. The highest BCUT2D eigenvalue weighted by atomic mass is 79.9. The molecule has 178 valence electrons. The number of ether oxygens (including phenoxy) is 1. The summed E-state index contributed by atoms with van der Waals surface area (Å²) in [4.78, 5) is 41.1. The fourth-order valence-corrected chi connectivity index (χ4v) is 8.68. The predicted octanol–water partition coefficient (Wildman–Crippen LogP) is 5.59. The molecule has 5 nitrogen and oxygen atoms in total. The first-order valence-electron chi connectivity index (χ1n) is 12.2. The van der Waals surface area contributed by atoms with Crippen molar-refractivity contribution in [3.63, 3.8) is 0 Å². The van der Waals surface area contributed by atoms with Gasteiger partial charge in [-0.25, -0.2) is 4.79 Å².